The van der Waals surface area contributed by atoms with Crippen molar-refractivity contribution in [3.8, 4) is 11.5 Å². The molecule has 0 saturated carbocycles. The van der Waals surface area contributed by atoms with Gasteiger partial charge in [0.2, 0.25) is 12.7 Å². The average molecular weight is 264 g/mol. The third kappa shape index (κ3) is 2.45. The Morgan fingerprint density at radius 2 is 2.11 bits per heavy atom. The fraction of sp³-hybridized carbons (Fsp3) is 0.333. The molecule has 0 unspecified atom stereocenters. The van der Waals surface area contributed by atoms with Crippen LogP contribution in [0.5, 0.6) is 11.5 Å². The minimum atomic E-state index is -0.531. The van der Waals surface area contributed by atoms with Crippen LogP contribution in [-0.2, 0) is 16.2 Å². The Balaban J connectivity index is 1.60. The zero-order valence-electron chi connectivity index (χ0n) is 10.0. The summed E-state index contributed by atoms with van der Waals surface area (Å²) in [5.74, 6) is 1.08. The van der Waals surface area contributed by atoms with Gasteiger partial charge in [0.15, 0.2) is 11.5 Å². The molecule has 0 spiro atoms. The summed E-state index contributed by atoms with van der Waals surface area (Å²) in [4.78, 5) is 27.8. The Bertz CT molecular complexity index is 531. The molecule has 0 aliphatic carbocycles. The van der Waals surface area contributed by atoms with Crippen molar-refractivity contribution in [2.45, 2.75) is 13.0 Å². The fourth-order valence-electron chi connectivity index (χ4n) is 1.86. The highest BCUT2D eigenvalue weighted by Gasteiger charge is 2.24. The van der Waals surface area contributed by atoms with Crippen molar-refractivity contribution in [2.24, 2.45) is 0 Å². The van der Waals surface area contributed by atoms with Gasteiger partial charge in [-0.05, 0) is 17.7 Å². The first-order valence-electron chi connectivity index (χ1n) is 5.85. The molecule has 100 valence electrons. The largest absolute Gasteiger partial charge is 0.454 e. The Kier molecular flexibility index (Phi) is 2.96. The van der Waals surface area contributed by atoms with Crippen LogP contribution < -0.4 is 14.8 Å². The normalized spacial score (nSPS) is 17.6. The molecule has 1 fully saturated rings. The molecule has 3 rings (SSSR count). The maximum Gasteiger partial charge on any atom is 0.347 e. The fourth-order valence-corrected chi connectivity index (χ4v) is 1.86. The summed E-state index contributed by atoms with van der Waals surface area (Å²) in [5.41, 5.74) is 0.856. The summed E-state index contributed by atoms with van der Waals surface area (Å²) < 4.78 is 10.5. The summed E-state index contributed by atoms with van der Waals surface area (Å²) in [7, 11) is 0. The number of carbonyl (C=O) groups is 2. The van der Waals surface area contributed by atoms with Crippen molar-refractivity contribution < 1.29 is 23.9 Å². The van der Waals surface area contributed by atoms with Gasteiger partial charge in [-0.2, -0.15) is 0 Å². The van der Waals surface area contributed by atoms with Crippen LogP contribution in [-0.4, -0.2) is 30.3 Å². The highest BCUT2D eigenvalue weighted by molar-refractivity contribution is 5.96. The topological polar surface area (TPSA) is 77.1 Å². The van der Waals surface area contributed by atoms with Crippen LogP contribution >= 0.6 is 0 Å². The number of benzene rings is 1. The van der Waals surface area contributed by atoms with E-state index >= 15 is 0 Å². The number of hydrogen-bond donors (Lipinski definition) is 1. The zero-order valence-corrected chi connectivity index (χ0v) is 10.0. The van der Waals surface area contributed by atoms with E-state index in [0.717, 1.165) is 10.6 Å². The quantitative estimate of drug-likeness (QED) is 0.873. The number of hydrogen-bond acceptors (Lipinski definition) is 5. The molecule has 0 aromatic heterocycles. The molecular formula is C12H12N2O5. The van der Waals surface area contributed by atoms with Crippen molar-refractivity contribution in [3.05, 3.63) is 23.8 Å². The maximum absolute atomic E-state index is 11.4. The SMILES string of the molecule is O=C1CCN(OCc2ccc3c(c2)OCO3)C(=O)N1. The van der Waals surface area contributed by atoms with Crippen LogP contribution in [0.3, 0.4) is 0 Å². The number of imide groups is 1. The molecule has 7 heteroatoms. The number of rotatable bonds is 3. The summed E-state index contributed by atoms with van der Waals surface area (Å²) in [5, 5.41) is 3.33. The van der Waals surface area contributed by atoms with Crippen molar-refractivity contribution in [2.75, 3.05) is 13.3 Å². The van der Waals surface area contributed by atoms with Gasteiger partial charge in [0.1, 0.15) is 6.61 Å². The predicted molar refractivity (Wildman–Crippen MR) is 62.2 cm³/mol. The van der Waals surface area contributed by atoms with E-state index < -0.39 is 6.03 Å². The lowest BCUT2D eigenvalue weighted by Crippen LogP contribution is -2.49. The van der Waals surface area contributed by atoms with E-state index in [2.05, 4.69) is 5.32 Å². The van der Waals surface area contributed by atoms with Gasteiger partial charge < -0.3 is 9.47 Å². The number of fused-ring (bicyclic) bond motifs is 1. The van der Waals surface area contributed by atoms with Crippen LogP contribution in [0.4, 0.5) is 4.79 Å². The van der Waals surface area contributed by atoms with Crippen molar-refractivity contribution in [3.63, 3.8) is 0 Å². The first-order chi connectivity index (χ1) is 9.22. The van der Waals surface area contributed by atoms with E-state index in [0.29, 0.717) is 11.5 Å². The molecule has 0 radical (unpaired) electrons. The van der Waals surface area contributed by atoms with Crippen LogP contribution in [0.1, 0.15) is 12.0 Å². The number of urea groups is 1. The molecule has 0 bridgehead atoms. The minimum Gasteiger partial charge on any atom is -0.454 e. The van der Waals surface area contributed by atoms with Gasteiger partial charge in [0.25, 0.3) is 0 Å². The van der Waals surface area contributed by atoms with E-state index in [1.165, 1.54) is 0 Å². The molecule has 2 heterocycles. The molecule has 1 aromatic rings. The van der Waals surface area contributed by atoms with Gasteiger partial charge >= 0.3 is 6.03 Å². The van der Waals surface area contributed by atoms with Crippen LogP contribution in [0, 0.1) is 0 Å². The van der Waals surface area contributed by atoms with Crippen molar-refractivity contribution >= 4 is 11.9 Å². The lowest BCUT2D eigenvalue weighted by atomic mass is 10.2. The lowest BCUT2D eigenvalue weighted by Gasteiger charge is -2.25. The summed E-state index contributed by atoms with van der Waals surface area (Å²) in [6.07, 6.45) is 0.243. The van der Waals surface area contributed by atoms with Gasteiger partial charge in [-0.25, -0.2) is 9.86 Å². The van der Waals surface area contributed by atoms with E-state index in [-0.39, 0.29) is 32.3 Å². The Morgan fingerprint density at radius 3 is 2.95 bits per heavy atom. The number of ether oxygens (including phenoxy) is 2. The van der Waals surface area contributed by atoms with Crippen LogP contribution in [0.15, 0.2) is 18.2 Å². The second kappa shape index (κ2) is 4.77. The van der Waals surface area contributed by atoms with Gasteiger partial charge in [0.05, 0.1) is 6.54 Å². The highest BCUT2D eigenvalue weighted by Crippen LogP contribution is 2.32. The predicted octanol–water partition coefficient (Wildman–Crippen LogP) is 0.789. The Hall–Kier alpha value is -2.28. The number of nitrogens with zero attached hydrogens (tertiary/aromatic N) is 1. The molecule has 19 heavy (non-hydrogen) atoms. The molecular weight excluding hydrogens is 252 g/mol. The molecule has 2 aliphatic heterocycles. The Morgan fingerprint density at radius 1 is 1.26 bits per heavy atom. The first-order valence-corrected chi connectivity index (χ1v) is 5.85. The van der Waals surface area contributed by atoms with E-state index in [1.54, 1.807) is 12.1 Å². The average Bonchev–Trinajstić information content (AvgIpc) is 2.85. The van der Waals surface area contributed by atoms with Crippen molar-refractivity contribution in [1.29, 1.82) is 0 Å². The molecule has 0 atom stereocenters. The Labute approximate surface area is 109 Å². The number of amides is 3. The van der Waals surface area contributed by atoms with Gasteiger partial charge in [-0.15, -0.1) is 0 Å². The third-order valence-electron chi connectivity index (χ3n) is 2.84. The van der Waals surface area contributed by atoms with Crippen molar-refractivity contribution in [1.82, 2.24) is 10.4 Å². The summed E-state index contributed by atoms with van der Waals surface area (Å²) >= 11 is 0. The van der Waals surface area contributed by atoms with Gasteiger partial charge in [0, 0.05) is 6.42 Å². The third-order valence-corrected chi connectivity index (χ3v) is 2.84. The second-order valence-electron chi connectivity index (χ2n) is 4.17. The van der Waals surface area contributed by atoms with Gasteiger partial charge in [-0.3, -0.25) is 14.9 Å². The number of carbonyl (C=O) groups excluding carboxylic acids is 2. The van der Waals surface area contributed by atoms with E-state index in [9.17, 15) is 9.59 Å². The molecule has 2 aliphatic rings. The number of hydroxylamine groups is 2. The van der Waals surface area contributed by atoms with E-state index in [4.69, 9.17) is 14.3 Å². The first kappa shape index (κ1) is 11.8. The molecule has 1 saturated heterocycles. The molecule has 7 nitrogen and oxygen atoms in total. The standard InChI is InChI=1S/C12H12N2O5/c15-11-3-4-14(12(16)13-11)19-6-8-1-2-9-10(5-8)18-7-17-9/h1-2,5H,3-4,6-7H2,(H,13,15,16). The van der Waals surface area contributed by atoms with Crippen LogP contribution in [0.2, 0.25) is 0 Å². The molecule has 1 aromatic carbocycles. The summed E-state index contributed by atoms with van der Waals surface area (Å²) in [6, 6.07) is 4.90. The number of nitrogens with one attached hydrogen (secondary N) is 1. The van der Waals surface area contributed by atoms with Gasteiger partial charge in [-0.1, -0.05) is 6.07 Å². The highest BCUT2D eigenvalue weighted by atomic mass is 16.7. The lowest BCUT2D eigenvalue weighted by molar-refractivity contribution is -0.147. The summed E-state index contributed by atoms with van der Waals surface area (Å²) in [6.45, 7) is 0.698. The smallest absolute Gasteiger partial charge is 0.347 e. The monoisotopic (exact) mass is 264 g/mol. The minimum absolute atomic E-state index is 0.219. The molecule has 1 N–H and O–H groups in total. The zero-order chi connectivity index (χ0) is 13.2. The van der Waals surface area contributed by atoms with Crippen LogP contribution in [0.25, 0.3) is 0 Å². The van der Waals surface area contributed by atoms with E-state index in [1.807, 2.05) is 6.07 Å². The second-order valence-corrected chi connectivity index (χ2v) is 4.17. The maximum atomic E-state index is 11.4. The molecule has 3 amide bonds.